The van der Waals surface area contributed by atoms with E-state index >= 15 is 0 Å². The van der Waals surface area contributed by atoms with Gasteiger partial charge in [0.1, 0.15) is 6.33 Å². The smallest absolute Gasteiger partial charge is 0.240 e. The molecule has 0 saturated heterocycles. The van der Waals surface area contributed by atoms with E-state index < -0.39 is 10.0 Å². The van der Waals surface area contributed by atoms with Gasteiger partial charge >= 0.3 is 0 Å². The summed E-state index contributed by atoms with van der Waals surface area (Å²) in [5.41, 5.74) is 1.87. The first-order valence-electron chi connectivity index (χ1n) is 8.28. The summed E-state index contributed by atoms with van der Waals surface area (Å²) in [6, 6.07) is 13.6. The van der Waals surface area contributed by atoms with Crippen LogP contribution >= 0.6 is 11.6 Å². The van der Waals surface area contributed by atoms with E-state index in [9.17, 15) is 13.2 Å². The van der Waals surface area contributed by atoms with E-state index in [4.69, 9.17) is 11.6 Å². The van der Waals surface area contributed by atoms with Gasteiger partial charge in [-0.15, -0.1) is 0 Å². The molecule has 0 spiro atoms. The Kier molecular flexibility index (Phi) is 6.05. The fraction of sp³-hybridized carbons (Fsp3) is 0.158. The quantitative estimate of drug-likeness (QED) is 0.657. The van der Waals surface area contributed by atoms with Crippen LogP contribution in [0.3, 0.4) is 0 Å². The van der Waals surface area contributed by atoms with Crippen molar-refractivity contribution in [3.8, 4) is 0 Å². The average molecular weight is 404 g/mol. The highest BCUT2D eigenvalue weighted by Crippen LogP contribution is 2.14. The fourth-order valence-corrected chi connectivity index (χ4v) is 3.68. The molecule has 1 aromatic heterocycles. The van der Waals surface area contributed by atoms with Crippen molar-refractivity contribution in [1.29, 1.82) is 0 Å². The first-order valence-corrected chi connectivity index (χ1v) is 10.1. The molecule has 0 saturated carbocycles. The van der Waals surface area contributed by atoms with Crippen LogP contribution in [0, 0.1) is 0 Å². The molecule has 8 heteroatoms. The second-order valence-corrected chi connectivity index (χ2v) is 8.16. The Bertz CT molecular complexity index is 999. The molecule has 0 aliphatic rings. The van der Waals surface area contributed by atoms with E-state index in [0.717, 1.165) is 11.1 Å². The van der Waals surface area contributed by atoms with Gasteiger partial charge in [0, 0.05) is 24.0 Å². The number of nitrogens with zero attached hydrogens (tertiary/aromatic N) is 2. The Labute approximate surface area is 162 Å². The molecule has 3 rings (SSSR count). The lowest BCUT2D eigenvalue weighted by molar-refractivity contribution is 0.0914. The molecular weight excluding hydrogens is 386 g/mol. The van der Waals surface area contributed by atoms with Crippen molar-refractivity contribution in [1.82, 2.24) is 14.3 Å². The third-order valence-corrected chi connectivity index (χ3v) is 5.73. The van der Waals surface area contributed by atoms with Crippen molar-refractivity contribution >= 4 is 27.5 Å². The maximum absolute atomic E-state index is 12.2. The van der Waals surface area contributed by atoms with E-state index in [-0.39, 0.29) is 23.8 Å². The van der Waals surface area contributed by atoms with Crippen LogP contribution in [0.25, 0.3) is 0 Å². The summed E-state index contributed by atoms with van der Waals surface area (Å²) in [6.45, 7) is 0.276. The van der Waals surface area contributed by atoms with Crippen LogP contribution in [0.2, 0.25) is 5.02 Å². The number of sulfonamides is 1. The minimum absolute atomic E-state index is 0.0593. The second-order valence-electron chi connectivity index (χ2n) is 5.96. The zero-order chi connectivity index (χ0) is 19.3. The van der Waals surface area contributed by atoms with Gasteiger partial charge in [-0.3, -0.25) is 9.36 Å². The standard InChI is InChI=1S/C19H18ClN3O3S/c20-17-5-7-18(8-6-17)27(25,26)22-10-9-15-1-3-16(4-2-15)13-19(24)23-12-11-21-14-23/h1-8,11-12,14,22H,9-10,13H2. The Morgan fingerprint density at radius 2 is 1.70 bits per heavy atom. The van der Waals surface area contributed by atoms with Gasteiger partial charge in [-0.05, 0) is 41.8 Å². The molecule has 6 nitrogen and oxygen atoms in total. The topological polar surface area (TPSA) is 81.1 Å². The molecule has 140 valence electrons. The summed E-state index contributed by atoms with van der Waals surface area (Å²) >= 11 is 5.78. The molecule has 2 aromatic carbocycles. The highest BCUT2D eigenvalue weighted by molar-refractivity contribution is 7.89. The third-order valence-electron chi connectivity index (χ3n) is 4.00. The Morgan fingerprint density at radius 3 is 2.33 bits per heavy atom. The Hall–Kier alpha value is -2.48. The molecule has 27 heavy (non-hydrogen) atoms. The normalized spacial score (nSPS) is 11.4. The molecule has 0 unspecified atom stereocenters. The minimum Gasteiger partial charge on any atom is -0.276 e. The SMILES string of the molecule is O=C(Cc1ccc(CCNS(=O)(=O)c2ccc(Cl)cc2)cc1)n1ccnc1. The molecule has 0 aliphatic heterocycles. The summed E-state index contributed by atoms with van der Waals surface area (Å²) in [5.74, 6) is -0.0593. The molecule has 1 heterocycles. The molecule has 0 aliphatic carbocycles. The second kappa shape index (κ2) is 8.47. The molecule has 0 amide bonds. The largest absolute Gasteiger partial charge is 0.276 e. The Morgan fingerprint density at radius 1 is 1.04 bits per heavy atom. The van der Waals surface area contributed by atoms with Crippen LogP contribution < -0.4 is 4.72 Å². The minimum atomic E-state index is -3.56. The van der Waals surface area contributed by atoms with Crippen molar-refractivity contribution < 1.29 is 13.2 Å². The lowest BCUT2D eigenvalue weighted by atomic mass is 10.1. The molecule has 0 radical (unpaired) electrons. The monoisotopic (exact) mass is 403 g/mol. The lowest BCUT2D eigenvalue weighted by Gasteiger charge is -2.08. The van der Waals surface area contributed by atoms with Gasteiger partial charge in [-0.25, -0.2) is 18.1 Å². The zero-order valence-electron chi connectivity index (χ0n) is 14.4. The number of nitrogens with one attached hydrogen (secondary N) is 1. The first kappa shape index (κ1) is 19.3. The number of carbonyl (C=O) groups is 1. The van der Waals surface area contributed by atoms with Gasteiger partial charge in [-0.2, -0.15) is 0 Å². The maximum atomic E-state index is 12.2. The first-order chi connectivity index (χ1) is 12.9. The zero-order valence-corrected chi connectivity index (χ0v) is 15.9. The van der Waals surface area contributed by atoms with Gasteiger partial charge in [0.05, 0.1) is 11.3 Å². The van der Waals surface area contributed by atoms with Crippen LogP contribution in [0.15, 0.2) is 72.1 Å². The molecule has 0 atom stereocenters. The molecule has 3 aromatic rings. The number of rotatable bonds is 7. The lowest BCUT2D eigenvalue weighted by Crippen LogP contribution is -2.25. The van der Waals surface area contributed by atoms with Crippen LogP contribution in [0.5, 0.6) is 0 Å². The predicted octanol–water partition coefficient (Wildman–Crippen LogP) is 2.94. The van der Waals surface area contributed by atoms with E-state index in [2.05, 4.69) is 9.71 Å². The Balaban J connectivity index is 1.53. The van der Waals surface area contributed by atoms with E-state index in [1.165, 1.54) is 23.0 Å². The summed E-state index contributed by atoms with van der Waals surface area (Å²) < 4.78 is 28.5. The van der Waals surface area contributed by atoms with Crippen molar-refractivity contribution in [3.63, 3.8) is 0 Å². The van der Waals surface area contributed by atoms with E-state index in [1.807, 2.05) is 24.3 Å². The predicted molar refractivity (Wildman–Crippen MR) is 103 cm³/mol. The van der Waals surface area contributed by atoms with Crippen LogP contribution in [0.1, 0.15) is 15.9 Å². The fourth-order valence-electron chi connectivity index (χ4n) is 2.52. The van der Waals surface area contributed by atoms with Gasteiger partial charge in [-0.1, -0.05) is 35.9 Å². The van der Waals surface area contributed by atoms with E-state index in [0.29, 0.717) is 11.4 Å². The van der Waals surface area contributed by atoms with Crippen molar-refractivity contribution in [2.75, 3.05) is 6.54 Å². The van der Waals surface area contributed by atoms with Crippen LogP contribution in [-0.2, 0) is 22.9 Å². The molecule has 0 bridgehead atoms. The number of aromatic nitrogens is 2. The van der Waals surface area contributed by atoms with Crippen LogP contribution in [-0.4, -0.2) is 30.4 Å². The number of carbonyl (C=O) groups excluding carboxylic acids is 1. The number of halogens is 1. The molecule has 1 N–H and O–H groups in total. The van der Waals surface area contributed by atoms with Gasteiger partial charge in [0.25, 0.3) is 0 Å². The number of imidazole rings is 1. The summed E-state index contributed by atoms with van der Waals surface area (Å²) in [7, 11) is -3.56. The molecular formula is C19H18ClN3O3S. The van der Waals surface area contributed by atoms with Gasteiger partial charge in [0.2, 0.25) is 15.9 Å². The van der Waals surface area contributed by atoms with Crippen molar-refractivity contribution in [2.24, 2.45) is 0 Å². The number of benzene rings is 2. The van der Waals surface area contributed by atoms with Crippen molar-refractivity contribution in [2.45, 2.75) is 17.7 Å². The van der Waals surface area contributed by atoms with Crippen LogP contribution in [0.4, 0.5) is 0 Å². The highest BCUT2D eigenvalue weighted by atomic mass is 35.5. The average Bonchev–Trinajstić information content (AvgIpc) is 3.18. The third kappa shape index (κ3) is 5.26. The van der Waals surface area contributed by atoms with E-state index in [1.54, 1.807) is 24.5 Å². The van der Waals surface area contributed by atoms with Crippen molar-refractivity contribution in [3.05, 3.63) is 83.4 Å². The number of hydrogen-bond donors (Lipinski definition) is 1. The highest BCUT2D eigenvalue weighted by Gasteiger charge is 2.13. The van der Waals surface area contributed by atoms with Gasteiger partial charge < -0.3 is 0 Å². The summed E-state index contributed by atoms with van der Waals surface area (Å²) in [6.07, 6.45) is 5.47. The maximum Gasteiger partial charge on any atom is 0.240 e. The number of hydrogen-bond acceptors (Lipinski definition) is 4. The van der Waals surface area contributed by atoms with Gasteiger partial charge in [0.15, 0.2) is 0 Å². The summed E-state index contributed by atoms with van der Waals surface area (Å²) in [5, 5.41) is 0.487. The summed E-state index contributed by atoms with van der Waals surface area (Å²) in [4.78, 5) is 16.1. The molecule has 0 fully saturated rings.